The number of aromatic hydroxyl groups is 4. The van der Waals surface area contributed by atoms with E-state index in [1.807, 2.05) is 0 Å². The molecule has 0 fully saturated rings. The average molecular weight is 333 g/mol. The molecule has 1 unspecified atom stereocenters. The summed E-state index contributed by atoms with van der Waals surface area (Å²) in [4.78, 5) is 0. The topological polar surface area (TPSA) is 112 Å². The third kappa shape index (κ3) is 2.50. The number of phenols is 3. The third-order valence-electron chi connectivity index (χ3n) is 3.78. The molecule has 0 bridgehead atoms. The van der Waals surface area contributed by atoms with Crippen LogP contribution in [0.1, 0.15) is 17.2 Å². The highest BCUT2D eigenvalue weighted by Crippen LogP contribution is 2.46. The van der Waals surface area contributed by atoms with E-state index < -0.39 is 6.10 Å². The van der Waals surface area contributed by atoms with Crippen LogP contribution in [0.2, 0.25) is 0 Å². The Morgan fingerprint density at radius 3 is 2.12 bits per heavy atom. The van der Waals surface area contributed by atoms with E-state index in [1.165, 1.54) is 44.6 Å². The number of rotatable bonds is 3. The number of methoxy groups -OCH3 is 2. The fourth-order valence-corrected chi connectivity index (χ4v) is 2.61. The lowest BCUT2D eigenvalue weighted by Gasteiger charge is -2.23. The first-order valence-corrected chi connectivity index (χ1v) is 7.07. The Bertz CT molecular complexity index is 801. The van der Waals surface area contributed by atoms with Crippen LogP contribution in [-0.4, -0.2) is 39.4 Å². The Balaban J connectivity index is 2.09. The second kappa shape index (κ2) is 5.77. The molecule has 0 saturated carbocycles. The van der Waals surface area contributed by atoms with E-state index in [1.54, 1.807) is 0 Å². The first-order valence-electron chi connectivity index (χ1n) is 7.07. The predicted molar refractivity (Wildman–Crippen MR) is 86.0 cm³/mol. The molecule has 1 heterocycles. The van der Waals surface area contributed by atoms with Crippen molar-refractivity contribution in [3.63, 3.8) is 0 Å². The molecule has 7 nitrogen and oxygen atoms in total. The Hall–Kier alpha value is -3.22. The maximum absolute atomic E-state index is 10.3. The fraction of sp³-hybridized carbons (Fsp3) is 0.176. The lowest BCUT2D eigenvalue weighted by Crippen LogP contribution is -2.12. The van der Waals surface area contributed by atoms with Crippen molar-refractivity contribution in [2.75, 3.05) is 14.2 Å². The number of hydrogen-bond acceptors (Lipinski definition) is 6. The summed E-state index contributed by atoms with van der Waals surface area (Å²) in [6, 6.07) is 5.62. The molecule has 1 aliphatic rings. The van der Waals surface area contributed by atoms with Gasteiger partial charge in [0.1, 0.15) is 17.1 Å². The Morgan fingerprint density at radius 1 is 0.917 bits per heavy atom. The summed E-state index contributed by atoms with van der Waals surface area (Å²) in [5, 5.41) is 39.8. The lowest BCUT2D eigenvalue weighted by atomic mass is 10.0. The summed E-state index contributed by atoms with van der Waals surface area (Å²) in [6.45, 7) is 0. The molecule has 0 aliphatic carbocycles. The number of hydrogen-bond donors (Lipinski definition) is 4. The van der Waals surface area contributed by atoms with Crippen molar-refractivity contribution in [2.24, 2.45) is 0 Å². The quantitative estimate of drug-likeness (QED) is 0.643. The van der Waals surface area contributed by atoms with Gasteiger partial charge in [0.2, 0.25) is 5.75 Å². The first-order chi connectivity index (χ1) is 11.4. The highest BCUT2D eigenvalue weighted by Gasteiger charge is 2.32. The molecule has 2 aromatic rings. The van der Waals surface area contributed by atoms with Crippen LogP contribution in [0.3, 0.4) is 0 Å². The summed E-state index contributed by atoms with van der Waals surface area (Å²) < 4.78 is 14.6. The van der Waals surface area contributed by atoms with Crippen LogP contribution in [0.15, 0.2) is 30.0 Å². The minimum Gasteiger partial charge on any atom is -0.571 e. The molecular weight excluding hydrogens is 316 g/mol. The summed E-state index contributed by atoms with van der Waals surface area (Å²) in [5.74, 6) is 0.121. The molecule has 1 atom stereocenters. The van der Waals surface area contributed by atoms with Gasteiger partial charge in [0, 0.05) is 12.1 Å². The van der Waals surface area contributed by atoms with Gasteiger partial charge < -0.3 is 34.6 Å². The molecular formula is C17H17O7+. The molecule has 0 amide bonds. The standard InChI is InChI=1S/C17H16O7/c1-22-14-3-8(4-15(23-2)16(14)21)17-12(20)7-10-11(19)5-9(18)6-13(10)24-17/h3-7,17-21H,1-2H3/p+1. The van der Waals surface area contributed by atoms with Crippen LogP contribution in [0.5, 0.6) is 34.5 Å². The maximum Gasteiger partial charge on any atom is 0.270 e. The second-order valence-corrected chi connectivity index (χ2v) is 5.27. The van der Waals surface area contributed by atoms with Crippen molar-refractivity contribution in [1.29, 1.82) is 0 Å². The molecule has 7 heteroatoms. The molecule has 0 aromatic heterocycles. The highest BCUT2D eigenvalue weighted by atomic mass is 16.5. The summed E-state index contributed by atoms with van der Waals surface area (Å²) in [7, 11) is 2.80. The van der Waals surface area contributed by atoms with E-state index >= 15 is 0 Å². The van der Waals surface area contributed by atoms with Crippen molar-refractivity contribution in [1.82, 2.24) is 0 Å². The highest BCUT2D eigenvalue weighted by molar-refractivity contribution is 5.69. The van der Waals surface area contributed by atoms with Gasteiger partial charge in [-0.25, -0.2) is 0 Å². The van der Waals surface area contributed by atoms with Crippen LogP contribution in [-0.2, 0) is 0 Å². The lowest BCUT2D eigenvalue weighted by molar-refractivity contribution is -0.0197. The number of fused-ring (bicyclic) bond motifs is 1. The van der Waals surface area contributed by atoms with E-state index in [2.05, 4.69) is 4.74 Å². The zero-order chi connectivity index (χ0) is 17.4. The van der Waals surface area contributed by atoms with Gasteiger partial charge >= 0.3 is 0 Å². The molecule has 5 N–H and O–H groups in total. The molecule has 1 aliphatic heterocycles. The van der Waals surface area contributed by atoms with Crippen LogP contribution >= 0.6 is 0 Å². The fourth-order valence-electron chi connectivity index (χ4n) is 2.61. The van der Waals surface area contributed by atoms with Gasteiger partial charge in [-0.1, -0.05) is 0 Å². The average Bonchev–Trinajstić information content (AvgIpc) is 2.55. The molecule has 3 rings (SSSR count). The number of ether oxygens (including phenoxy) is 3. The Kier molecular flexibility index (Phi) is 3.76. The van der Waals surface area contributed by atoms with Crippen LogP contribution in [0.25, 0.3) is 6.08 Å². The van der Waals surface area contributed by atoms with Crippen molar-refractivity contribution in [2.45, 2.75) is 6.10 Å². The molecule has 0 radical (unpaired) electrons. The minimum absolute atomic E-state index is 0.0988. The summed E-state index contributed by atoms with van der Waals surface area (Å²) >= 11 is 0. The SMILES string of the molecule is COc1cc(C2[OH+]c3cc(O)cc(O)c3C=C2O)cc(OC)c1O. The predicted octanol–water partition coefficient (Wildman–Crippen LogP) is 2.72. The zero-order valence-electron chi connectivity index (χ0n) is 13.0. The third-order valence-corrected chi connectivity index (χ3v) is 3.78. The zero-order valence-corrected chi connectivity index (χ0v) is 13.0. The largest absolute Gasteiger partial charge is 0.571 e. The van der Waals surface area contributed by atoms with Gasteiger partial charge in [-0.2, -0.15) is 0 Å². The number of aliphatic hydroxyl groups is 2. The van der Waals surface area contributed by atoms with Crippen molar-refractivity contribution < 1.29 is 34.6 Å². The smallest absolute Gasteiger partial charge is 0.270 e. The van der Waals surface area contributed by atoms with Crippen LogP contribution in [0.4, 0.5) is 0 Å². The molecule has 0 saturated heterocycles. The minimum atomic E-state index is -0.790. The Labute approximate surface area is 137 Å². The van der Waals surface area contributed by atoms with E-state index in [-0.39, 0.29) is 34.5 Å². The van der Waals surface area contributed by atoms with Gasteiger partial charge in [0.25, 0.3) is 11.9 Å². The number of aliphatic hydroxyl groups excluding tert-OH is 1. The number of benzene rings is 2. The maximum atomic E-state index is 10.3. The van der Waals surface area contributed by atoms with Crippen molar-refractivity contribution in [3.05, 3.63) is 41.2 Å². The van der Waals surface area contributed by atoms with E-state index in [4.69, 9.17) is 9.47 Å². The van der Waals surface area contributed by atoms with Gasteiger partial charge in [-0.3, -0.25) is 0 Å². The van der Waals surface area contributed by atoms with E-state index in [0.29, 0.717) is 16.9 Å². The molecule has 24 heavy (non-hydrogen) atoms. The van der Waals surface area contributed by atoms with Gasteiger partial charge in [0.15, 0.2) is 17.3 Å². The van der Waals surface area contributed by atoms with Gasteiger partial charge in [-0.05, 0) is 12.1 Å². The first kappa shape index (κ1) is 15.7. The second-order valence-electron chi connectivity index (χ2n) is 5.27. The van der Waals surface area contributed by atoms with Crippen LogP contribution in [0, 0.1) is 0 Å². The van der Waals surface area contributed by atoms with E-state index in [9.17, 15) is 20.4 Å². The van der Waals surface area contributed by atoms with E-state index in [0.717, 1.165) is 0 Å². The van der Waals surface area contributed by atoms with Crippen molar-refractivity contribution >= 4 is 6.08 Å². The number of phenolic OH excluding ortho intramolecular Hbond substituents is 3. The van der Waals surface area contributed by atoms with Crippen molar-refractivity contribution in [3.8, 4) is 34.5 Å². The van der Waals surface area contributed by atoms with Gasteiger partial charge in [0.05, 0.1) is 25.8 Å². The normalized spacial score (nSPS) is 15.9. The molecule has 2 aromatic carbocycles. The van der Waals surface area contributed by atoms with Gasteiger partial charge in [-0.15, -0.1) is 0 Å². The molecule has 126 valence electrons. The monoisotopic (exact) mass is 333 g/mol. The Morgan fingerprint density at radius 2 is 1.54 bits per heavy atom. The molecule has 0 spiro atoms. The van der Waals surface area contributed by atoms with Crippen LogP contribution < -0.4 is 9.47 Å². The summed E-state index contributed by atoms with van der Waals surface area (Å²) in [5.41, 5.74) is 0.836. The summed E-state index contributed by atoms with van der Waals surface area (Å²) in [6.07, 6.45) is 0.593.